The van der Waals surface area contributed by atoms with Crippen molar-refractivity contribution in [3.05, 3.63) is 119 Å². The van der Waals surface area contributed by atoms with E-state index in [2.05, 4.69) is 171 Å². The van der Waals surface area contributed by atoms with E-state index in [4.69, 9.17) is 14.8 Å². The summed E-state index contributed by atoms with van der Waals surface area (Å²) in [5.41, 5.74) is 10.8. The van der Waals surface area contributed by atoms with Gasteiger partial charge in [0.2, 0.25) is 0 Å². The molecule has 1 unspecified atom stereocenters. The van der Waals surface area contributed by atoms with Crippen LogP contribution in [0.4, 0.5) is 0 Å². The summed E-state index contributed by atoms with van der Waals surface area (Å²) in [7, 11) is 0. The van der Waals surface area contributed by atoms with Crippen LogP contribution in [0.25, 0.3) is 33.3 Å². The second kappa shape index (κ2) is 13.1. The normalized spacial score (nSPS) is 18.4. The van der Waals surface area contributed by atoms with Crippen molar-refractivity contribution in [1.29, 1.82) is 0 Å². The van der Waals surface area contributed by atoms with Crippen molar-refractivity contribution in [2.45, 2.75) is 112 Å². The first kappa shape index (κ1) is 35.7. The number of nitrogens with zero attached hydrogens (tertiary/aromatic N) is 4. The smallest absolute Gasteiger partial charge is 0.137 e. The third-order valence-electron chi connectivity index (χ3n) is 11.0. The number of ether oxygens (including phenoxy) is 1. The molecule has 3 atom stereocenters. The number of hydrogen-bond donors (Lipinski definition) is 0. The molecule has 3 aromatic carbocycles. The van der Waals surface area contributed by atoms with Gasteiger partial charge in [0, 0.05) is 46.0 Å². The summed E-state index contributed by atoms with van der Waals surface area (Å²) in [4.78, 5) is 4.88. The summed E-state index contributed by atoms with van der Waals surface area (Å²) in [5.74, 6) is 4.33. The maximum absolute atomic E-state index is 6.85. The van der Waals surface area contributed by atoms with Gasteiger partial charge in [0.05, 0.1) is 28.1 Å². The third kappa shape index (κ3) is 6.48. The Morgan fingerprint density at radius 1 is 0.788 bits per heavy atom. The molecule has 0 spiro atoms. The number of fused-ring (bicyclic) bond motifs is 3. The molecule has 6 aromatic rings. The third-order valence-corrected chi connectivity index (χ3v) is 11.0. The average molecular weight is 693 g/mol. The van der Waals surface area contributed by atoms with Crippen LogP contribution in [-0.4, -0.2) is 19.3 Å². The molecule has 52 heavy (non-hydrogen) atoms. The summed E-state index contributed by atoms with van der Waals surface area (Å²) >= 11 is 0. The van der Waals surface area contributed by atoms with Crippen molar-refractivity contribution >= 4 is 21.8 Å². The van der Waals surface area contributed by atoms with E-state index in [1.807, 2.05) is 6.20 Å². The van der Waals surface area contributed by atoms with Gasteiger partial charge in [-0.15, -0.1) is 0 Å². The minimum atomic E-state index is -0.120. The molecule has 3 aromatic heterocycles. The van der Waals surface area contributed by atoms with Crippen LogP contribution in [0.15, 0.2) is 90.6 Å². The highest BCUT2D eigenvalue weighted by Gasteiger charge is 2.36. The zero-order valence-electron chi connectivity index (χ0n) is 33.3. The highest BCUT2D eigenvalue weighted by Crippen LogP contribution is 2.46. The Hall–Kier alpha value is -4.64. The zero-order valence-corrected chi connectivity index (χ0v) is 33.3. The number of allylic oxidation sites excluding steroid dienone is 2. The summed E-state index contributed by atoms with van der Waals surface area (Å²) in [5, 5.41) is 7.69. The van der Waals surface area contributed by atoms with Crippen molar-refractivity contribution in [3.63, 3.8) is 0 Å². The number of benzene rings is 3. The summed E-state index contributed by atoms with van der Waals surface area (Å²) < 4.78 is 11.3. The van der Waals surface area contributed by atoms with Crippen LogP contribution in [0.5, 0.6) is 11.5 Å². The molecule has 270 valence electrons. The minimum absolute atomic E-state index is 0.00729. The van der Waals surface area contributed by atoms with Crippen molar-refractivity contribution < 1.29 is 4.74 Å². The predicted octanol–water partition coefficient (Wildman–Crippen LogP) is 12.9. The maximum Gasteiger partial charge on any atom is 0.137 e. The van der Waals surface area contributed by atoms with Gasteiger partial charge >= 0.3 is 0 Å². The number of rotatable bonds is 6. The van der Waals surface area contributed by atoms with Crippen LogP contribution in [0.2, 0.25) is 0 Å². The van der Waals surface area contributed by atoms with Crippen molar-refractivity contribution in [2.75, 3.05) is 0 Å². The first-order chi connectivity index (χ1) is 24.5. The molecule has 0 bridgehead atoms. The van der Waals surface area contributed by atoms with Crippen molar-refractivity contribution in [3.8, 4) is 23.0 Å². The molecule has 5 heteroatoms. The highest BCUT2D eigenvalue weighted by molar-refractivity contribution is 6.09. The van der Waals surface area contributed by atoms with E-state index in [0.717, 1.165) is 39.7 Å². The molecule has 0 saturated heterocycles. The second-order valence-electron chi connectivity index (χ2n) is 17.8. The largest absolute Gasteiger partial charge is 0.457 e. The number of pyridine rings is 1. The van der Waals surface area contributed by atoms with Gasteiger partial charge in [-0.25, -0.2) is 9.67 Å². The predicted molar refractivity (Wildman–Crippen MR) is 218 cm³/mol. The van der Waals surface area contributed by atoms with Crippen molar-refractivity contribution in [1.82, 2.24) is 19.3 Å². The van der Waals surface area contributed by atoms with Gasteiger partial charge in [-0.05, 0) is 97.0 Å². The average Bonchev–Trinajstić information content (AvgIpc) is 3.58. The Morgan fingerprint density at radius 3 is 2.21 bits per heavy atom. The van der Waals surface area contributed by atoms with Crippen LogP contribution in [-0.2, 0) is 10.8 Å². The molecule has 0 amide bonds. The lowest BCUT2D eigenvalue weighted by molar-refractivity contribution is 0.385. The first-order valence-corrected chi connectivity index (χ1v) is 19.1. The Kier molecular flexibility index (Phi) is 9.00. The highest BCUT2D eigenvalue weighted by atomic mass is 16.5. The van der Waals surface area contributed by atoms with Crippen LogP contribution in [0.1, 0.15) is 122 Å². The molecule has 0 saturated carbocycles. The van der Waals surface area contributed by atoms with E-state index >= 15 is 0 Å². The van der Waals surface area contributed by atoms with Crippen LogP contribution >= 0.6 is 0 Å². The van der Waals surface area contributed by atoms with Crippen LogP contribution in [0.3, 0.4) is 0 Å². The molecule has 7 rings (SSSR count). The first-order valence-electron chi connectivity index (χ1n) is 19.1. The van der Waals surface area contributed by atoms with Crippen LogP contribution < -0.4 is 4.74 Å². The molecule has 0 aliphatic heterocycles. The molecule has 5 nitrogen and oxygen atoms in total. The monoisotopic (exact) mass is 692 g/mol. The fourth-order valence-electron chi connectivity index (χ4n) is 8.65. The molecule has 0 radical (unpaired) electrons. The fraction of sp³-hybridized carbons (Fsp3) is 0.404. The number of aryl methyl sites for hydroxylation is 1. The van der Waals surface area contributed by atoms with E-state index in [1.54, 1.807) is 0 Å². The standard InChI is InChI=1S/C47H56N4O/c1-28(2)33-23-35(51-45(47(10,11)12)44(32(6)49-51)43-30(4)21-29(3)22-31(43)5)26-37(24-33)52-36-17-18-39-38-15-13-14-16-40(38)50(41(39)27-36)42-25-34(19-20-48-42)46(7,8)9/h13-21,23-29,31,43H,22H2,1-12H3/t29-,31?,43-/m0/s1. The Labute approximate surface area is 310 Å². The lowest BCUT2D eigenvalue weighted by atomic mass is 9.70. The van der Waals surface area contributed by atoms with Gasteiger partial charge in [0.1, 0.15) is 17.3 Å². The van der Waals surface area contributed by atoms with Gasteiger partial charge in [-0.1, -0.05) is 99.1 Å². The quantitative estimate of drug-likeness (QED) is 0.163. The molecule has 3 heterocycles. The molecular formula is C47H56N4O. The summed E-state index contributed by atoms with van der Waals surface area (Å²) in [6, 6.07) is 26.0. The van der Waals surface area contributed by atoms with Gasteiger partial charge in [-0.3, -0.25) is 4.57 Å². The van der Waals surface area contributed by atoms with Gasteiger partial charge in [0.15, 0.2) is 0 Å². The minimum Gasteiger partial charge on any atom is -0.457 e. The van der Waals surface area contributed by atoms with Crippen molar-refractivity contribution in [2.24, 2.45) is 11.8 Å². The Morgan fingerprint density at radius 2 is 1.52 bits per heavy atom. The maximum atomic E-state index is 6.85. The van der Waals surface area contributed by atoms with Crippen LogP contribution in [0, 0.1) is 18.8 Å². The fourth-order valence-corrected chi connectivity index (χ4v) is 8.65. The molecule has 1 aliphatic rings. The van der Waals surface area contributed by atoms with E-state index < -0.39 is 0 Å². The molecular weight excluding hydrogens is 637 g/mol. The lowest BCUT2D eigenvalue weighted by Crippen LogP contribution is -2.25. The SMILES string of the molecule is CC1=C[C@H](C)CC(C)[C@H]1c1c(C)nn(-c2cc(Oc3ccc4c5ccccc5n(-c5cc(C(C)(C)C)ccn5)c4c3)cc(C(C)C)c2)c1C(C)(C)C. The van der Waals surface area contributed by atoms with E-state index in [1.165, 1.54) is 45.2 Å². The lowest BCUT2D eigenvalue weighted by Gasteiger charge is -2.34. The Bertz CT molecular complexity index is 2320. The molecule has 1 aliphatic carbocycles. The zero-order chi connectivity index (χ0) is 37.3. The van der Waals surface area contributed by atoms with E-state index in [-0.39, 0.29) is 10.8 Å². The number of aromatic nitrogens is 4. The number of para-hydroxylation sites is 1. The molecule has 0 N–H and O–H groups in total. The topological polar surface area (TPSA) is 44.9 Å². The molecule has 0 fully saturated rings. The van der Waals surface area contributed by atoms with Gasteiger partial charge in [-0.2, -0.15) is 5.10 Å². The van der Waals surface area contributed by atoms with Gasteiger partial charge < -0.3 is 4.74 Å². The second-order valence-corrected chi connectivity index (χ2v) is 17.8. The Balaban J connectivity index is 1.36. The van der Waals surface area contributed by atoms with E-state index in [9.17, 15) is 0 Å². The van der Waals surface area contributed by atoms with Gasteiger partial charge in [0.25, 0.3) is 0 Å². The number of hydrogen-bond acceptors (Lipinski definition) is 3. The summed E-state index contributed by atoms with van der Waals surface area (Å²) in [6.45, 7) is 27.5. The summed E-state index contributed by atoms with van der Waals surface area (Å²) in [6.07, 6.45) is 5.60. The van der Waals surface area contributed by atoms with E-state index in [0.29, 0.717) is 23.7 Å².